The largest absolute Gasteiger partial charge is 0.435 e. The average molecular weight is 296 g/mol. The number of amides is 1. The van der Waals surface area contributed by atoms with Crippen molar-refractivity contribution in [3.8, 4) is 5.75 Å². The van der Waals surface area contributed by atoms with Crippen LogP contribution in [0.5, 0.6) is 5.75 Å². The molecule has 1 aromatic rings. The Kier molecular flexibility index (Phi) is 4.05. The van der Waals surface area contributed by atoms with Gasteiger partial charge >= 0.3 is 6.61 Å². The second kappa shape index (κ2) is 5.97. The van der Waals surface area contributed by atoms with E-state index >= 15 is 0 Å². The van der Waals surface area contributed by atoms with Gasteiger partial charge in [0.1, 0.15) is 5.75 Å². The van der Waals surface area contributed by atoms with E-state index in [2.05, 4.69) is 10.1 Å². The van der Waals surface area contributed by atoms with Crippen LogP contribution in [0.4, 0.5) is 8.78 Å². The summed E-state index contributed by atoms with van der Waals surface area (Å²) in [6.07, 6.45) is 2.12. The molecular formula is C15H18F2N2O2. The first-order valence-electron chi connectivity index (χ1n) is 7.21. The molecule has 2 aliphatic heterocycles. The van der Waals surface area contributed by atoms with Crippen LogP contribution in [-0.2, 0) is 0 Å². The van der Waals surface area contributed by atoms with Gasteiger partial charge in [-0.3, -0.25) is 4.79 Å². The van der Waals surface area contributed by atoms with E-state index in [-0.39, 0.29) is 17.7 Å². The molecule has 114 valence electrons. The number of alkyl halides is 2. The maximum Gasteiger partial charge on any atom is 0.387 e. The predicted octanol–water partition coefficient (Wildman–Crippen LogP) is 2.11. The van der Waals surface area contributed by atoms with Gasteiger partial charge in [-0.15, -0.1) is 0 Å². The summed E-state index contributed by atoms with van der Waals surface area (Å²) in [6, 6.07) is 6.25. The molecule has 0 spiro atoms. The Labute approximate surface area is 122 Å². The third kappa shape index (κ3) is 3.00. The molecule has 1 aromatic carbocycles. The molecule has 0 radical (unpaired) electrons. The van der Waals surface area contributed by atoms with Crippen LogP contribution in [-0.4, -0.2) is 43.1 Å². The van der Waals surface area contributed by atoms with Gasteiger partial charge in [0, 0.05) is 31.2 Å². The van der Waals surface area contributed by atoms with Gasteiger partial charge in [0.2, 0.25) is 0 Å². The summed E-state index contributed by atoms with van der Waals surface area (Å²) in [7, 11) is 0. The van der Waals surface area contributed by atoms with E-state index in [9.17, 15) is 13.6 Å². The molecule has 0 aromatic heterocycles. The van der Waals surface area contributed by atoms with Gasteiger partial charge in [-0.05, 0) is 37.0 Å². The number of carbonyl (C=O) groups is 1. The lowest BCUT2D eigenvalue weighted by molar-refractivity contribution is -0.0499. The second-order valence-corrected chi connectivity index (χ2v) is 5.53. The van der Waals surface area contributed by atoms with Crippen molar-refractivity contribution in [1.29, 1.82) is 0 Å². The molecule has 2 unspecified atom stereocenters. The molecule has 2 aliphatic rings. The van der Waals surface area contributed by atoms with Crippen molar-refractivity contribution in [2.24, 2.45) is 5.92 Å². The lowest BCUT2D eigenvalue weighted by atomic mass is 9.91. The van der Waals surface area contributed by atoms with E-state index in [0.717, 1.165) is 32.5 Å². The van der Waals surface area contributed by atoms with Gasteiger partial charge in [0.15, 0.2) is 0 Å². The molecule has 2 heterocycles. The van der Waals surface area contributed by atoms with Crippen LogP contribution in [0.15, 0.2) is 24.3 Å². The summed E-state index contributed by atoms with van der Waals surface area (Å²) in [6.45, 7) is -0.400. The maximum absolute atomic E-state index is 12.6. The Hall–Kier alpha value is -1.69. The highest BCUT2D eigenvalue weighted by molar-refractivity contribution is 5.95. The molecule has 3 rings (SSSR count). The van der Waals surface area contributed by atoms with E-state index in [1.807, 2.05) is 4.90 Å². The minimum absolute atomic E-state index is 0.0222. The fourth-order valence-electron chi connectivity index (χ4n) is 3.29. The third-order valence-electron chi connectivity index (χ3n) is 4.25. The SMILES string of the molecule is O=C(c1cccc(OC(F)F)c1)N1CCCC2CNCC21. The van der Waals surface area contributed by atoms with Gasteiger partial charge in [0.25, 0.3) is 5.91 Å². The summed E-state index contributed by atoms with van der Waals surface area (Å²) >= 11 is 0. The Bertz CT molecular complexity index is 524. The lowest BCUT2D eigenvalue weighted by Crippen LogP contribution is -2.48. The zero-order valence-electron chi connectivity index (χ0n) is 11.6. The number of ether oxygens (including phenoxy) is 1. The van der Waals surface area contributed by atoms with Crippen molar-refractivity contribution in [3.05, 3.63) is 29.8 Å². The molecular weight excluding hydrogens is 278 g/mol. The smallest absolute Gasteiger partial charge is 0.387 e. The highest BCUT2D eigenvalue weighted by atomic mass is 19.3. The predicted molar refractivity (Wildman–Crippen MR) is 73.5 cm³/mol. The maximum atomic E-state index is 12.6. The van der Waals surface area contributed by atoms with Crippen molar-refractivity contribution in [2.75, 3.05) is 19.6 Å². The van der Waals surface area contributed by atoms with Crippen LogP contribution in [0.25, 0.3) is 0 Å². The van der Waals surface area contributed by atoms with E-state index in [1.165, 1.54) is 12.1 Å². The van der Waals surface area contributed by atoms with Crippen molar-refractivity contribution in [2.45, 2.75) is 25.5 Å². The quantitative estimate of drug-likeness (QED) is 0.929. The molecule has 4 nitrogen and oxygen atoms in total. The number of likely N-dealkylation sites (tertiary alicyclic amines) is 1. The number of halogens is 2. The van der Waals surface area contributed by atoms with Gasteiger partial charge in [-0.25, -0.2) is 0 Å². The normalized spacial score (nSPS) is 25.0. The summed E-state index contributed by atoms with van der Waals surface area (Å²) in [4.78, 5) is 14.5. The summed E-state index contributed by atoms with van der Waals surface area (Å²) in [5, 5.41) is 3.32. The first kappa shape index (κ1) is 14.3. The third-order valence-corrected chi connectivity index (χ3v) is 4.25. The van der Waals surface area contributed by atoms with Crippen LogP contribution < -0.4 is 10.1 Å². The standard InChI is InChI=1S/C15H18F2N2O2/c16-15(17)21-12-5-1-3-10(7-12)14(20)19-6-2-4-11-8-18-9-13(11)19/h1,3,5,7,11,13,15,18H,2,4,6,8-9H2. The summed E-state index contributed by atoms with van der Waals surface area (Å²) in [5.74, 6) is 0.422. The zero-order valence-corrected chi connectivity index (χ0v) is 11.6. The average Bonchev–Trinajstić information content (AvgIpc) is 2.94. The first-order chi connectivity index (χ1) is 10.1. The minimum atomic E-state index is -2.88. The second-order valence-electron chi connectivity index (χ2n) is 5.53. The number of piperidine rings is 1. The first-order valence-corrected chi connectivity index (χ1v) is 7.21. The van der Waals surface area contributed by atoms with E-state index in [0.29, 0.717) is 11.5 Å². The molecule has 2 saturated heterocycles. The lowest BCUT2D eigenvalue weighted by Gasteiger charge is -2.37. The van der Waals surface area contributed by atoms with E-state index in [1.54, 1.807) is 12.1 Å². The number of hydrogen-bond acceptors (Lipinski definition) is 3. The molecule has 1 amide bonds. The number of nitrogens with one attached hydrogen (secondary N) is 1. The van der Waals surface area contributed by atoms with E-state index in [4.69, 9.17) is 0 Å². The number of hydrogen-bond donors (Lipinski definition) is 1. The minimum Gasteiger partial charge on any atom is -0.435 e. The van der Waals surface area contributed by atoms with Gasteiger partial charge in [-0.1, -0.05) is 6.07 Å². The Morgan fingerprint density at radius 1 is 1.38 bits per heavy atom. The number of fused-ring (bicyclic) bond motifs is 1. The molecule has 6 heteroatoms. The molecule has 1 N–H and O–H groups in total. The summed E-state index contributed by atoms with van der Waals surface area (Å²) < 4.78 is 28.9. The van der Waals surface area contributed by atoms with Crippen molar-refractivity contribution in [1.82, 2.24) is 10.2 Å². The molecule has 2 fully saturated rings. The van der Waals surface area contributed by atoms with Crippen molar-refractivity contribution < 1.29 is 18.3 Å². The van der Waals surface area contributed by atoms with Crippen LogP contribution in [0.2, 0.25) is 0 Å². The Balaban J connectivity index is 1.78. The highest BCUT2D eigenvalue weighted by Gasteiger charge is 2.37. The Morgan fingerprint density at radius 3 is 3.05 bits per heavy atom. The molecule has 2 atom stereocenters. The van der Waals surface area contributed by atoms with Gasteiger partial charge in [-0.2, -0.15) is 8.78 Å². The van der Waals surface area contributed by atoms with Gasteiger partial charge in [0.05, 0.1) is 0 Å². The molecule has 21 heavy (non-hydrogen) atoms. The van der Waals surface area contributed by atoms with Crippen LogP contribution in [0.3, 0.4) is 0 Å². The number of benzene rings is 1. The fourth-order valence-corrected chi connectivity index (χ4v) is 3.29. The Morgan fingerprint density at radius 2 is 2.24 bits per heavy atom. The highest BCUT2D eigenvalue weighted by Crippen LogP contribution is 2.28. The monoisotopic (exact) mass is 296 g/mol. The number of carbonyl (C=O) groups excluding carboxylic acids is 1. The topological polar surface area (TPSA) is 41.6 Å². The summed E-state index contributed by atoms with van der Waals surface area (Å²) in [5.41, 5.74) is 0.403. The van der Waals surface area contributed by atoms with E-state index < -0.39 is 6.61 Å². The van der Waals surface area contributed by atoms with Crippen LogP contribution in [0, 0.1) is 5.92 Å². The molecule has 0 bridgehead atoms. The molecule has 0 aliphatic carbocycles. The number of nitrogens with zero attached hydrogens (tertiary/aromatic N) is 1. The molecule has 0 saturated carbocycles. The number of rotatable bonds is 3. The zero-order chi connectivity index (χ0) is 14.8. The fraction of sp³-hybridized carbons (Fsp3) is 0.533. The van der Waals surface area contributed by atoms with Crippen LogP contribution in [0.1, 0.15) is 23.2 Å². The van der Waals surface area contributed by atoms with Crippen molar-refractivity contribution in [3.63, 3.8) is 0 Å². The van der Waals surface area contributed by atoms with Crippen LogP contribution >= 0.6 is 0 Å². The van der Waals surface area contributed by atoms with Crippen molar-refractivity contribution >= 4 is 5.91 Å². The van der Waals surface area contributed by atoms with Gasteiger partial charge < -0.3 is 15.0 Å².